The van der Waals surface area contributed by atoms with E-state index in [9.17, 15) is 4.79 Å². The zero-order valence-corrected chi connectivity index (χ0v) is 17.8. The van der Waals surface area contributed by atoms with Gasteiger partial charge in [0.15, 0.2) is 11.5 Å². The molecule has 32 heavy (non-hydrogen) atoms. The molecule has 1 N–H and O–H groups in total. The number of carbonyl (C=O) groups excluding carboxylic acids is 1. The van der Waals surface area contributed by atoms with E-state index in [4.69, 9.17) is 19.3 Å². The fourth-order valence-electron chi connectivity index (χ4n) is 3.23. The summed E-state index contributed by atoms with van der Waals surface area (Å²) in [6.07, 6.45) is 4.43. The summed E-state index contributed by atoms with van der Waals surface area (Å²) < 4.78 is 16.4. The first-order valence-corrected chi connectivity index (χ1v) is 9.95. The maximum atomic E-state index is 12.2. The first kappa shape index (κ1) is 21.3. The largest absolute Gasteiger partial charge is 0.493 e. The van der Waals surface area contributed by atoms with Crippen molar-refractivity contribution < 1.29 is 19.0 Å². The Morgan fingerprint density at radius 1 is 1.09 bits per heavy atom. The maximum Gasteiger partial charge on any atom is 0.275 e. The normalized spacial score (nSPS) is 13.3. The van der Waals surface area contributed by atoms with Gasteiger partial charge in [-0.05, 0) is 35.9 Å². The van der Waals surface area contributed by atoms with Crippen LogP contribution >= 0.6 is 0 Å². The van der Waals surface area contributed by atoms with Gasteiger partial charge in [0.25, 0.3) is 5.91 Å². The lowest BCUT2D eigenvalue weighted by atomic mass is 10.1. The number of carbonyl (C=O) groups is 1. The Morgan fingerprint density at radius 3 is 2.62 bits per heavy atom. The molecule has 2 heterocycles. The molecule has 0 fully saturated rings. The van der Waals surface area contributed by atoms with E-state index in [1.807, 2.05) is 47.5 Å². The van der Waals surface area contributed by atoms with E-state index in [0.717, 1.165) is 16.8 Å². The van der Waals surface area contributed by atoms with E-state index in [1.165, 1.54) is 18.6 Å². The van der Waals surface area contributed by atoms with Crippen molar-refractivity contribution in [3.8, 4) is 11.5 Å². The van der Waals surface area contributed by atoms with E-state index in [2.05, 4.69) is 15.3 Å². The highest BCUT2D eigenvalue weighted by Crippen LogP contribution is 2.28. The summed E-state index contributed by atoms with van der Waals surface area (Å²) in [5.74, 6) is 1.00. The van der Waals surface area contributed by atoms with Crippen LogP contribution in [0.4, 0.5) is 5.69 Å². The number of hydrogen-bond acceptors (Lipinski definition) is 8. The van der Waals surface area contributed by atoms with Crippen LogP contribution in [-0.4, -0.2) is 54.2 Å². The molecule has 0 aliphatic carbocycles. The van der Waals surface area contributed by atoms with Crippen molar-refractivity contribution in [3.63, 3.8) is 0 Å². The van der Waals surface area contributed by atoms with Crippen molar-refractivity contribution in [1.82, 2.24) is 15.0 Å². The van der Waals surface area contributed by atoms with E-state index in [1.54, 1.807) is 14.2 Å². The number of nitrogens with one attached hydrogen (secondary N) is 1. The average Bonchev–Trinajstić information content (AvgIpc) is 2.85. The number of hydrogen-bond donors (Lipinski definition) is 1. The van der Waals surface area contributed by atoms with E-state index in [0.29, 0.717) is 37.1 Å². The number of nitrogens with zero attached hydrogens (tertiary/aromatic N) is 4. The highest BCUT2D eigenvalue weighted by Gasteiger charge is 2.16. The number of ether oxygens (including phenoxy) is 3. The SMILES string of the molecule is COc1ccc(C2=NN(Cc3ccc(NC(=O)c4cnccn4)cc3)COC2)cc1OC. The van der Waals surface area contributed by atoms with Gasteiger partial charge in [-0.2, -0.15) is 5.10 Å². The predicted molar refractivity (Wildman–Crippen MR) is 119 cm³/mol. The Bertz CT molecular complexity index is 1100. The molecule has 0 atom stereocenters. The van der Waals surface area contributed by atoms with Crippen LogP contribution < -0.4 is 14.8 Å². The minimum Gasteiger partial charge on any atom is -0.493 e. The van der Waals surface area contributed by atoms with Crippen LogP contribution in [0.1, 0.15) is 21.6 Å². The van der Waals surface area contributed by atoms with Gasteiger partial charge in [-0.15, -0.1) is 0 Å². The van der Waals surface area contributed by atoms with E-state index in [-0.39, 0.29) is 11.6 Å². The Kier molecular flexibility index (Phi) is 6.57. The van der Waals surface area contributed by atoms with Crippen LogP contribution in [0.2, 0.25) is 0 Å². The molecule has 1 aliphatic heterocycles. The summed E-state index contributed by atoms with van der Waals surface area (Å²) >= 11 is 0. The van der Waals surface area contributed by atoms with Crippen LogP contribution in [0.3, 0.4) is 0 Å². The fraction of sp³-hybridized carbons (Fsp3) is 0.217. The average molecular weight is 433 g/mol. The molecule has 1 aromatic heterocycles. The van der Waals surface area contributed by atoms with Gasteiger partial charge < -0.3 is 19.5 Å². The Morgan fingerprint density at radius 2 is 1.91 bits per heavy atom. The van der Waals surface area contributed by atoms with Crippen LogP contribution in [0.15, 0.2) is 66.2 Å². The molecule has 9 heteroatoms. The second-order valence-electron chi connectivity index (χ2n) is 7.00. The van der Waals surface area contributed by atoms with Gasteiger partial charge in [-0.3, -0.25) is 14.8 Å². The highest BCUT2D eigenvalue weighted by molar-refractivity contribution is 6.03. The number of aromatic nitrogens is 2. The summed E-state index contributed by atoms with van der Waals surface area (Å²) in [7, 11) is 3.21. The van der Waals surface area contributed by atoms with Gasteiger partial charge in [0.2, 0.25) is 0 Å². The molecule has 164 valence electrons. The van der Waals surface area contributed by atoms with E-state index < -0.39 is 0 Å². The molecule has 3 aromatic rings. The summed E-state index contributed by atoms with van der Waals surface area (Å²) in [6.45, 7) is 1.37. The van der Waals surface area contributed by atoms with Crippen molar-refractivity contribution in [2.45, 2.75) is 6.54 Å². The lowest BCUT2D eigenvalue weighted by Crippen LogP contribution is -2.30. The van der Waals surface area contributed by atoms with Crippen LogP contribution in [0, 0.1) is 0 Å². The number of hydrazone groups is 1. The first-order chi connectivity index (χ1) is 15.7. The third kappa shape index (κ3) is 5.01. The van der Waals surface area contributed by atoms with Gasteiger partial charge >= 0.3 is 0 Å². The second kappa shape index (κ2) is 9.88. The number of anilines is 1. The Balaban J connectivity index is 1.42. The smallest absolute Gasteiger partial charge is 0.275 e. The molecule has 0 saturated carbocycles. The van der Waals surface area contributed by atoms with E-state index >= 15 is 0 Å². The first-order valence-electron chi connectivity index (χ1n) is 9.95. The van der Waals surface area contributed by atoms with Gasteiger partial charge in [0.05, 0.1) is 39.3 Å². The third-order valence-corrected chi connectivity index (χ3v) is 4.83. The van der Waals surface area contributed by atoms with Crippen LogP contribution in [-0.2, 0) is 11.3 Å². The minimum absolute atomic E-state index is 0.263. The van der Waals surface area contributed by atoms with Gasteiger partial charge in [0, 0.05) is 23.6 Å². The predicted octanol–water partition coefficient (Wildman–Crippen LogP) is 2.94. The number of methoxy groups -OCH3 is 2. The van der Waals surface area contributed by atoms with Gasteiger partial charge in [-0.25, -0.2) is 4.98 Å². The second-order valence-corrected chi connectivity index (χ2v) is 7.00. The summed E-state index contributed by atoms with van der Waals surface area (Å²) in [5, 5.41) is 9.39. The lowest BCUT2D eigenvalue weighted by molar-refractivity contribution is 0.0295. The quantitative estimate of drug-likeness (QED) is 0.612. The standard InChI is InChI=1S/C23H23N5O4/c1-30-21-8-5-17(11-22(21)31-2)20-14-32-15-28(27-20)13-16-3-6-18(7-4-16)26-23(29)19-12-24-9-10-25-19/h3-12H,13-15H2,1-2H3,(H,26,29). The fourth-order valence-corrected chi connectivity index (χ4v) is 3.23. The van der Waals surface area contributed by atoms with Gasteiger partial charge in [0.1, 0.15) is 12.4 Å². The van der Waals surface area contributed by atoms with Gasteiger partial charge in [-0.1, -0.05) is 12.1 Å². The lowest BCUT2D eigenvalue weighted by Gasteiger charge is -2.26. The zero-order valence-electron chi connectivity index (χ0n) is 17.8. The summed E-state index contributed by atoms with van der Waals surface area (Å²) in [6, 6.07) is 13.2. The molecular formula is C23H23N5O4. The molecular weight excluding hydrogens is 410 g/mol. The number of benzene rings is 2. The molecule has 0 unspecified atom stereocenters. The maximum absolute atomic E-state index is 12.2. The topological polar surface area (TPSA) is 98.2 Å². The molecule has 0 spiro atoms. The van der Waals surface area contributed by atoms with Crippen molar-refractivity contribution >= 4 is 17.3 Å². The van der Waals surface area contributed by atoms with Crippen molar-refractivity contribution in [2.24, 2.45) is 5.10 Å². The Hall–Kier alpha value is -3.98. The van der Waals surface area contributed by atoms with Crippen LogP contribution in [0.25, 0.3) is 0 Å². The van der Waals surface area contributed by atoms with Crippen molar-refractivity contribution in [3.05, 3.63) is 77.9 Å². The molecule has 2 aromatic carbocycles. The minimum atomic E-state index is -0.306. The third-order valence-electron chi connectivity index (χ3n) is 4.83. The van der Waals surface area contributed by atoms with Crippen molar-refractivity contribution in [2.75, 3.05) is 32.9 Å². The molecule has 0 saturated heterocycles. The molecule has 0 bridgehead atoms. The zero-order chi connectivity index (χ0) is 22.3. The van der Waals surface area contributed by atoms with Crippen LogP contribution in [0.5, 0.6) is 11.5 Å². The molecule has 0 radical (unpaired) electrons. The highest BCUT2D eigenvalue weighted by atomic mass is 16.5. The Labute approximate surface area is 185 Å². The molecule has 4 rings (SSSR count). The number of rotatable bonds is 7. The number of amides is 1. The molecule has 1 amide bonds. The summed E-state index contributed by atoms with van der Waals surface area (Å²) in [5.41, 5.74) is 3.69. The molecule has 9 nitrogen and oxygen atoms in total. The monoisotopic (exact) mass is 433 g/mol. The molecule has 1 aliphatic rings. The summed E-state index contributed by atoms with van der Waals surface area (Å²) in [4.78, 5) is 20.1. The van der Waals surface area contributed by atoms with Crippen molar-refractivity contribution in [1.29, 1.82) is 0 Å².